The molecule has 1 heterocycles. The van der Waals surface area contributed by atoms with Crippen molar-refractivity contribution in [3.63, 3.8) is 0 Å². The topological polar surface area (TPSA) is 75.3 Å². The van der Waals surface area contributed by atoms with Crippen molar-refractivity contribution < 1.29 is 14.4 Å². The van der Waals surface area contributed by atoms with Gasteiger partial charge in [0.05, 0.1) is 0 Å². The number of hydrogen-bond acceptors (Lipinski definition) is 3. The average molecular weight is 336 g/mol. The van der Waals surface area contributed by atoms with E-state index in [-0.39, 0.29) is 29.9 Å². The molecule has 0 fully saturated rings. The number of anilines is 2. The Bertz CT molecular complexity index is 812. The van der Waals surface area contributed by atoms with Crippen molar-refractivity contribution in [2.45, 2.75) is 26.2 Å². The number of benzene rings is 2. The van der Waals surface area contributed by atoms with E-state index in [1.807, 2.05) is 24.3 Å². The fourth-order valence-electron chi connectivity index (χ4n) is 2.96. The van der Waals surface area contributed by atoms with Gasteiger partial charge in [-0.05, 0) is 55.7 Å². The molecule has 128 valence electrons. The number of ketones is 1. The van der Waals surface area contributed by atoms with Crippen LogP contribution in [0.1, 0.15) is 35.7 Å². The molecule has 2 aromatic rings. The van der Waals surface area contributed by atoms with Gasteiger partial charge in [-0.15, -0.1) is 0 Å². The van der Waals surface area contributed by atoms with Crippen LogP contribution in [0.4, 0.5) is 11.4 Å². The summed E-state index contributed by atoms with van der Waals surface area (Å²) in [5.74, 6) is -0.373. The fourth-order valence-corrected chi connectivity index (χ4v) is 2.96. The minimum atomic E-state index is -0.194. The van der Waals surface area contributed by atoms with Gasteiger partial charge < -0.3 is 10.6 Å². The van der Waals surface area contributed by atoms with E-state index in [1.165, 1.54) is 6.92 Å². The Balaban J connectivity index is 1.54. The summed E-state index contributed by atoms with van der Waals surface area (Å²) in [6.45, 7) is 1.50. The van der Waals surface area contributed by atoms with Crippen molar-refractivity contribution in [1.82, 2.24) is 0 Å². The zero-order valence-electron chi connectivity index (χ0n) is 14.0. The maximum Gasteiger partial charge on any atom is 0.227 e. The first-order chi connectivity index (χ1) is 12.0. The van der Waals surface area contributed by atoms with Gasteiger partial charge in [-0.1, -0.05) is 18.2 Å². The Morgan fingerprint density at radius 1 is 1.12 bits per heavy atom. The Hall–Kier alpha value is -2.95. The Morgan fingerprint density at radius 3 is 2.56 bits per heavy atom. The highest BCUT2D eigenvalue weighted by atomic mass is 16.2. The van der Waals surface area contributed by atoms with Crippen LogP contribution in [0.25, 0.3) is 0 Å². The largest absolute Gasteiger partial charge is 0.326 e. The van der Waals surface area contributed by atoms with Crippen LogP contribution in [0.3, 0.4) is 0 Å². The van der Waals surface area contributed by atoms with Gasteiger partial charge >= 0.3 is 0 Å². The quantitative estimate of drug-likeness (QED) is 0.822. The van der Waals surface area contributed by atoms with Crippen molar-refractivity contribution in [3.05, 3.63) is 59.7 Å². The van der Waals surface area contributed by atoms with E-state index >= 15 is 0 Å². The summed E-state index contributed by atoms with van der Waals surface area (Å²) >= 11 is 0. The number of Topliss-reactive ketones (excluding diaryl/α,β-unsaturated/α-hetero) is 1. The molecule has 3 rings (SSSR count). The second-order valence-electron chi connectivity index (χ2n) is 6.27. The first-order valence-electron chi connectivity index (χ1n) is 8.32. The van der Waals surface area contributed by atoms with Gasteiger partial charge in [-0.25, -0.2) is 0 Å². The molecular formula is C20H20N2O3. The lowest BCUT2D eigenvalue weighted by Crippen LogP contribution is -2.30. The molecule has 0 saturated carbocycles. The van der Waals surface area contributed by atoms with E-state index in [1.54, 1.807) is 24.3 Å². The fraction of sp³-hybridized carbons (Fsp3) is 0.250. The zero-order valence-corrected chi connectivity index (χ0v) is 14.0. The molecule has 25 heavy (non-hydrogen) atoms. The molecule has 2 aromatic carbocycles. The van der Waals surface area contributed by atoms with E-state index in [0.717, 1.165) is 11.3 Å². The molecule has 1 unspecified atom stereocenters. The average Bonchev–Trinajstić information content (AvgIpc) is 2.60. The molecule has 0 spiro atoms. The number of rotatable bonds is 5. The van der Waals surface area contributed by atoms with Gasteiger partial charge in [0.15, 0.2) is 5.78 Å². The third kappa shape index (κ3) is 4.12. The summed E-state index contributed by atoms with van der Waals surface area (Å²) in [5.41, 5.74) is 3.22. The number of carbonyl (C=O) groups is 3. The van der Waals surface area contributed by atoms with Crippen LogP contribution in [-0.2, 0) is 16.0 Å². The Morgan fingerprint density at radius 2 is 1.84 bits per heavy atom. The lowest BCUT2D eigenvalue weighted by molar-refractivity contribution is -0.121. The van der Waals surface area contributed by atoms with Crippen molar-refractivity contribution in [3.8, 4) is 0 Å². The van der Waals surface area contributed by atoms with Crippen LogP contribution in [0.2, 0.25) is 0 Å². The predicted octanol–water partition coefficient (Wildman–Crippen LogP) is 3.42. The number of amides is 2. The minimum Gasteiger partial charge on any atom is -0.326 e. The standard InChI is InChI=1S/C20H20N2O3/c1-13(23)14-6-9-17(10-7-14)21-19(24)11-8-16-12-15-4-2-3-5-18(15)22-20(16)25/h2-7,9-10,16H,8,11-12H2,1H3,(H,21,24)(H,22,25). The van der Waals surface area contributed by atoms with Gasteiger partial charge in [-0.3, -0.25) is 14.4 Å². The highest BCUT2D eigenvalue weighted by Crippen LogP contribution is 2.27. The molecular weight excluding hydrogens is 316 g/mol. The molecule has 2 N–H and O–H groups in total. The van der Waals surface area contributed by atoms with Crippen LogP contribution in [0.15, 0.2) is 48.5 Å². The number of nitrogens with one attached hydrogen (secondary N) is 2. The summed E-state index contributed by atoms with van der Waals surface area (Å²) in [4.78, 5) is 35.5. The van der Waals surface area contributed by atoms with Gasteiger partial charge in [0, 0.05) is 29.3 Å². The predicted molar refractivity (Wildman–Crippen MR) is 96.6 cm³/mol. The SMILES string of the molecule is CC(=O)c1ccc(NC(=O)CCC2Cc3ccccc3NC2=O)cc1. The molecule has 1 aliphatic rings. The highest BCUT2D eigenvalue weighted by molar-refractivity contribution is 5.97. The lowest BCUT2D eigenvalue weighted by Gasteiger charge is -2.24. The lowest BCUT2D eigenvalue weighted by atomic mass is 9.89. The van der Waals surface area contributed by atoms with E-state index in [0.29, 0.717) is 24.1 Å². The monoisotopic (exact) mass is 336 g/mol. The van der Waals surface area contributed by atoms with Crippen molar-refractivity contribution in [2.24, 2.45) is 5.92 Å². The van der Waals surface area contributed by atoms with Crippen LogP contribution in [-0.4, -0.2) is 17.6 Å². The summed E-state index contributed by atoms with van der Waals surface area (Å²) in [6, 6.07) is 14.5. The third-order valence-corrected chi connectivity index (χ3v) is 4.41. The van der Waals surface area contributed by atoms with Crippen molar-refractivity contribution in [1.29, 1.82) is 0 Å². The second-order valence-corrected chi connectivity index (χ2v) is 6.27. The van der Waals surface area contributed by atoms with Crippen LogP contribution in [0.5, 0.6) is 0 Å². The highest BCUT2D eigenvalue weighted by Gasteiger charge is 2.26. The van der Waals surface area contributed by atoms with Gasteiger partial charge in [0.2, 0.25) is 11.8 Å². The molecule has 2 amide bonds. The first-order valence-corrected chi connectivity index (χ1v) is 8.32. The van der Waals surface area contributed by atoms with Gasteiger partial charge in [-0.2, -0.15) is 0 Å². The number of carbonyl (C=O) groups excluding carboxylic acids is 3. The van der Waals surface area contributed by atoms with E-state index < -0.39 is 0 Å². The second kappa shape index (κ2) is 7.30. The first kappa shape index (κ1) is 16.9. The summed E-state index contributed by atoms with van der Waals surface area (Å²) < 4.78 is 0. The normalized spacial score (nSPS) is 15.9. The Labute approximate surface area is 146 Å². The molecule has 0 radical (unpaired) electrons. The maximum absolute atomic E-state index is 12.2. The van der Waals surface area contributed by atoms with Gasteiger partial charge in [0.25, 0.3) is 0 Å². The van der Waals surface area contributed by atoms with Crippen LogP contribution < -0.4 is 10.6 Å². The van der Waals surface area contributed by atoms with Crippen LogP contribution in [0, 0.1) is 5.92 Å². The smallest absolute Gasteiger partial charge is 0.227 e. The molecule has 1 aliphatic heterocycles. The van der Waals surface area contributed by atoms with E-state index in [9.17, 15) is 14.4 Å². The van der Waals surface area contributed by atoms with E-state index in [4.69, 9.17) is 0 Å². The molecule has 5 nitrogen and oxygen atoms in total. The number of fused-ring (bicyclic) bond motifs is 1. The summed E-state index contributed by atoms with van der Waals surface area (Å²) in [7, 11) is 0. The Kier molecular flexibility index (Phi) is 4.93. The zero-order chi connectivity index (χ0) is 17.8. The van der Waals surface area contributed by atoms with Gasteiger partial charge in [0.1, 0.15) is 0 Å². The molecule has 0 saturated heterocycles. The molecule has 5 heteroatoms. The summed E-state index contributed by atoms with van der Waals surface area (Å²) in [6.07, 6.45) is 1.43. The molecule has 0 aliphatic carbocycles. The van der Waals surface area contributed by atoms with Crippen molar-refractivity contribution >= 4 is 29.0 Å². The molecule has 0 bridgehead atoms. The molecule has 1 atom stereocenters. The molecule has 0 aromatic heterocycles. The van der Waals surface area contributed by atoms with Crippen molar-refractivity contribution in [2.75, 3.05) is 10.6 Å². The van der Waals surface area contributed by atoms with Crippen LogP contribution >= 0.6 is 0 Å². The summed E-state index contributed by atoms with van der Waals surface area (Å²) in [5, 5.41) is 5.70. The van der Waals surface area contributed by atoms with E-state index in [2.05, 4.69) is 10.6 Å². The maximum atomic E-state index is 12.2. The number of hydrogen-bond donors (Lipinski definition) is 2. The number of para-hydroxylation sites is 1. The minimum absolute atomic E-state index is 0.0125. The third-order valence-electron chi connectivity index (χ3n) is 4.41.